The maximum Gasteiger partial charge on any atom is 0.179 e. The minimum absolute atomic E-state index is 0.262. The second-order valence-electron chi connectivity index (χ2n) is 10.1. The topological polar surface area (TPSA) is 0 Å². The van der Waals surface area contributed by atoms with Gasteiger partial charge in [-0.05, 0) is 48.6 Å². The first-order chi connectivity index (χ1) is 18.9. The lowest BCUT2D eigenvalue weighted by Crippen LogP contribution is -2.74. The molecule has 0 fully saturated rings. The Hall–Kier alpha value is -4.46. The first kappa shape index (κ1) is 22.7. The van der Waals surface area contributed by atoms with Gasteiger partial charge in [-0.3, -0.25) is 0 Å². The lowest BCUT2D eigenvalue weighted by Gasteiger charge is -2.34. The number of benzene rings is 6. The van der Waals surface area contributed by atoms with Crippen LogP contribution in [0.25, 0.3) is 11.1 Å². The molecule has 0 atom stereocenters. The minimum atomic E-state index is -2.51. The first-order valence-electron chi connectivity index (χ1n) is 13.3. The summed E-state index contributed by atoms with van der Waals surface area (Å²) in [5, 5.41) is 5.62. The standard InChI is InChI=1S/C37H28Si/c1-4-14-29(15-5-1)38(30-16-6-2-7-17-30,31-18-8-3-9-19-31)32-26-24-28(25-27-32)37-35-22-12-10-20-33(35)34-21-11-13-23-36(34)37/h1-27,37H. The third-order valence-corrected chi connectivity index (χ3v) is 12.9. The number of fused-ring (bicyclic) bond motifs is 3. The van der Waals surface area contributed by atoms with Crippen LogP contribution in [0.3, 0.4) is 0 Å². The highest BCUT2D eigenvalue weighted by Crippen LogP contribution is 2.47. The zero-order valence-electron chi connectivity index (χ0n) is 21.2. The van der Waals surface area contributed by atoms with Crippen molar-refractivity contribution < 1.29 is 0 Å². The van der Waals surface area contributed by atoms with Crippen LogP contribution < -0.4 is 20.7 Å². The summed E-state index contributed by atoms with van der Waals surface area (Å²) in [6.07, 6.45) is 0. The zero-order valence-corrected chi connectivity index (χ0v) is 22.2. The monoisotopic (exact) mass is 500 g/mol. The van der Waals surface area contributed by atoms with Gasteiger partial charge >= 0.3 is 0 Å². The molecule has 0 aliphatic heterocycles. The lowest BCUT2D eigenvalue weighted by molar-refractivity contribution is 1.02. The molecule has 1 heteroatoms. The fourth-order valence-corrected chi connectivity index (χ4v) is 11.2. The Morgan fingerprint density at radius 3 is 1.08 bits per heavy atom. The second-order valence-corrected chi connectivity index (χ2v) is 13.9. The molecule has 0 radical (unpaired) electrons. The van der Waals surface area contributed by atoms with Crippen molar-refractivity contribution in [3.8, 4) is 11.1 Å². The van der Waals surface area contributed by atoms with Gasteiger partial charge in [-0.2, -0.15) is 0 Å². The third kappa shape index (κ3) is 3.51. The van der Waals surface area contributed by atoms with Gasteiger partial charge in [-0.15, -0.1) is 0 Å². The zero-order chi connectivity index (χ0) is 25.4. The highest BCUT2D eigenvalue weighted by atomic mass is 28.3. The Bertz CT molecular complexity index is 1550. The van der Waals surface area contributed by atoms with E-state index in [0.29, 0.717) is 0 Å². The summed E-state index contributed by atoms with van der Waals surface area (Å²) in [4.78, 5) is 0. The maximum atomic E-state index is 2.41. The van der Waals surface area contributed by atoms with E-state index in [1.165, 1.54) is 48.6 Å². The van der Waals surface area contributed by atoms with Gasteiger partial charge in [0.15, 0.2) is 8.07 Å². The van der Waals surface area contributed by atoms with Gasteiger partial charge in [-0.1, -0.05) is 164 Å². The Morgan fingerprint density at radius 2 is 0.658 bits per heavy atom. The van der Waals surface area contributed by atoms with E-state index in [-0.39, 0.29) is 5.92 Å². The summed E-state index contributed by atoms with van der Waals surface area (Å²) in [6.45, 7) is 0. The molecular formula is C37H28Si. The molecule has 0 unspecified atom stereocenters. The van der Waals surface area contributed by atoms with Crippen LogP contribution in [0.2, 0.25) is 0 Å². The molecule has 180 valence electrons. The maximum absolute atomic E-state index is 2.51. The average molecular weight is 501 g/mol. The highest BCUT2D eigenvalue weighted by molar-refractivity contribution is 7.19. The van der Waals surface area contributed by atoms with Crippen LogP contribution in [0.15, 0.2) is 164 Å². The van der Waals surface area contributed by atoms with Crippen molar-refractivity contribution in [2.75, 3.05) is 0 Å². The van der Waals surface area contributed by atoms with E-state index < -0.39 is 8.07 Å². The first-order valence-corrected chi connectivity index (χ1v) is 15.3. The molecular weight excluding hydrogens is 472 g/mol. The minimum Gasteiger partial charge on any atom is -0.0623 e. The Kier molecular flexibility index (Phi) is 5.64. The van der Waals surface area contributed by atoms with Crippen LogP contribution in [0, 0.1) is 0 Å². The molecule has 6 aromatic rings. The molecule has 7 rings (SSSR count). The van der Waals surface area contributed by atoms with Crippen LogP contribution in [-0.4, -0.2) is 8.07 Å². The second kappa shape index (κ2) is 9.44. The van der Waals surface area contributed by atoms with Gasteiger partial charge in [0.05, 0.1) is 0 Å². The summed E-state index contributed by atoms with van der Waals surface area (Å²) in [6, 6.07) is 60.8. The molecule has 1 aliphatic rings. The SMILES string of the molecule is c1ccc([Si](c2ccccc2)(c2ccccc2)c2ccc(C3c4ccccc4-c4ccccc43)cc2)cc1. The van der Waals surface area contributed by atoms with Crippen molar-refractivity contribution in [3.05, 3.63) is 180 Å². The summed E-state index contributed by atoms with van der Waals surface area (Å²) in [7, 11) is -2.51. The molecule has 0 amide bonds. The Morgan fingerprint density at radius 1 is 0.316 bits per heavy atom. The van der Waals surface area contributed by atoms with Gasteiger partial charge in [0, 0.05) is 5.92 Å². The van der Waals surface area contributed by atoms with Crippen LogP contribution in [-0.2, 0) is 0 Å². The molecule has 0 nitrogen and oxygen atoms in total. The predicted molar refractivity (Wildman–Crippen MR) is 163 cm³/mol. The van der Waals surface area contributed by atoms with Crippen molar-refractivity contribution in [2.45, 2.75) is 5.92 Å². The van der Waals surface area contributed by atoms with E-state index >= 15 is 0 Å². The summed E-state index contributed by atoms with van der Waals surface area (Å²) in [5.41, 5.74) is 6.87. The molecule has 0 aromatic heterocycles. The summed E-state index contributed by atoms with van der Waals surface area (Å²) in [5.74, 6) is 0.262. The highest BCUT2D eigenvalue weighted by Gasteiger charge is 2.41. The fourth-order valence-electron chi connectivity index (χ4n) is 6.50. The molecule has 0 bridgehead atoms. The Labute approximate surface area is 225 Å². The quantitative estimate of drug-likeness (QED) is 0.194. The van der Waals surface area contributed by atoms with Gasteiger partial charge in [0.2, 0.25) is 0 Å². The fraction of sp³-hybridized carbons (Fsp3) is 0.0270. The van der Waals surface area contributed by atoms with E-state index in [9.17, 15) is 0 Å². The lowest BCUT2D eigenvalue weighted by atomic mass is 9.89. The number of hydrogen-bond donors (Lipinski definition) is 0. The van der Waals surface area contributed by atoms with E-state index in [1.807, 2.05) is 0 Å². The molecule has 1 aliphatic carbocycles. The van der Waals surface area contributed by atoms with Crippen molar-refractivity contribution in [1.29, 1.82) is 0 Å². The van der Waals surface area contributed by atoms with Crippen LogP contribution >= 0.6 is 0 Å². The van der Waals surface area contributed by atoms with Crippen molar-refractivity contribution in [3.63, 3.8) is 0 Å². The van der Waals surface area contributed by atoms with Gasteiger partial charge < -0.3 is 0 Å². The largest absolute Gasteiger partial charge is 0.179 e. The van der Waals surface area contributed by atoms with Crippen LogP contribution in [0.1, 0.15) is 22.6 Å². The van der Waals surface area contributed by atoms with Crippen molar-refractivity contribution in [1.82, 2.24) is 0 Å². The van der Waals surface area contributed by atoms with E-state index in [4.69, 9.17) is 0 Å². The molecule has 0 spiro atoms. The summed E-state index contributed by atoms with van der Waals surface area (Å²) >= 11 is 0. The van der Waals surface area contributed by atoms with Crippen LogP contribution in [0.4, 0.5) is 0 Å². The molecule has 0 heterocycles. The normalized spacial score (nSPS) is 12.6. The number of hydrogen-bond acceptors (Lipinski definition) is 0. The van der Waals surface area contributed by atoms with Gasteiger partial charge in [0.25, 0.3) is 0 Å². The van der Waals surface area contributed by atoms with Crippen molar-refractivity contribution >= 4 is 28.8 Å². The molecule has 0 N–H and O–H groups in total. The van der Waals surface area contributed by atoms with Gasteiger partial charge in [0.1, 0.15) is 0 Å². The van der Waals surface area contributed by atoms with Gasteiger partial charge in [-0.25, -0.2) is 0 Å². The summed E-state index contributed by atoms with van der Waals surface area (Å²) < 4.78 is 0. The van der Waals surface area contributed by atoms with E-state index in [2.05, 4.69) is 164 Å². The molecule has 38 heavy (non-hydrogen) atoms. The van der Waals surface area contributed by atoms with Crippen LogP contribution in [0.5, 0.6) is 0 Å². The average Bonchev–Trinajstić information content (AvgIpc) is 3.34. The number of rotatable bonds is 5. The smallest absolute Gasteiger partial charge is 0.0623 e. The van der Waals surface area contributed by atoms with E-state index in [0.717, 1.165) is 0 Å². The van der Waals surface area contributed by atoms with E-state index in [1.54, 1.807) is 0 Å². The molecule has 0 saturated heterocycles. The predicted octanol–water partition coefficient (Wildman–Crippen LogP) is 6.22. The molecule has 6 aromatic carbocycles. The molecule has 0 saturated carbocycles. The van der Waals surface area contributed by atoms with Crippen molar-refractivity contribution in [2.24, 2.45) is 0 Å². The third-order valence-electron chi connectivity index (χ3n) is 8.13. The Balaban J connectivity index is 1.44.